The van der Waals surface area contributed by atoms with Gasteiger partial charge in [-0.3, -0.25) is 0 Å². The van der Waals surface area contributed by atoms with Crippen LogP contribution in [-0.4, -0.2) is 4.98 Å². The van der Waals surface area contributed by atoms with Gasteiger partial charge in [0.25, 0.3) is 0 Å². The summed E-state index contributed by atoms with van der Waals surface area (Å²) >= 11 is 0. The molecule has 3 aromatic rings. The second-order valence-electron chi connectivity index (χ2n) is 6.87. The summed E-state index contributed by atoms with van der Waals surface area (Å²) in [6.45, 7) is 8.41. The van der Waals surface area contributed by atoms with E-state index in [1.54, 1.807) is 0 Å². The van der Waals surface area contributed by atoms with Gasteiger partial charge in [0.05, 0.1) is 0 Å². The number of pyridine rings is 1. The monoisotopic (exact) mass is 314 g/mol. The number of hydrogen-bond acceptors (Lipinski definition) is 2. The molecule has 24 heavy (non-hydrogen) atoms. The van der Waals surface area contributed by atoms with Gasteiger partial charge in [-0.2, -0.15) is 0 Å². The van der Waals surface area contributed by atoms with Crippen LogP contribution in [-0.2, 0) is 0 Å². The molecule has 0 amide bonds. The molecule has 0 radical (unpaired) electrons. The van der Waals surface area contributed by atoms with Gasteiger partial charge in [0.1, 0.15) is 5.82 Å². The Hall–Kier alpha value is -2.61. The Bertz CT molecular complexity index is 936. The normalized spacial score (nSPS) is 13.9. The van der Waals surface area contributed by atoms with Crippen molar-refractivity contribution < 1.29 is 0 Å². The second-order valence-corrected chi connectivity index (χ2v) is 6.87. The van der Waals surface area contributed by atoms with E-state index in [9.17, 15) is 0 Å². The highest BCUT2D eigenvalue weighted by Gasteiger charge is 2.24. The maximum atomic E-state index is 4.56. The van der Waals surface area contributed by atoms with Crippen molar-refractivity contribution >= 4 is 16.6 Å². The lowest BCUT2D eigenvalue weighted by molar-refractivity contribution is 1.01. The summed E-state index contributed by atoms with van der Waals surface area (Å²) < 4.78 is 0. The molecule has 1 heterocycles. The first-order valence-electron chi connectivity index (χ1n) is 8.53. The fraction of sp³-hybridized carbons (Fsp3) is 0.227. The number of fused-ring (bicyclic) bond motifs is 1. The van der Waals surface area contributed by atoms with Crippen LogP contribution in [0.1, 0.15) is 24.0 Å². The van der Waals surface area contributed by atoms with Crippen LogP contribution in [0, 0.1) is 19.8 Å². The molecular weight excluding hydrogens is 292 g/mol. The van der Waals surface area contributed by atoms with Gasteiger partial charge in [-0.05, 0) is 66.8 Å². The van der Waals surface area contributed by atoms with Gasteiger partial charge in [-0.25, -0.2) is 4.98 Å². The van der Waals surface area contributed by atoms with Crippen LogP contribution in [0.2, 0.25) is 0 Å². The molecule has 1 N–H and O–H groups in total. The van der Waals surface area contributed by atoms with E-state index in [4.69, 9.17) is 0 Å². The first-order valence-corrected chi connectivity index (χ1v) is 8.53. The topological polar surface area (TPSA) is 24.9 Å². The first kappa shape index (κ1) is 14.9. The van der Waals surface area contributed by atoms with E-state index in [0.717, 1.165) is 16.9 Å². The van der Waals surface area contributed by atoms with Gasteiger partial charge in [0.15, 0.2) is 0 Å². The number of aryl methyl sites for hydroxylation is 2. The summed E-state index contributed by atoms with van der Waals surface area (Å²) in [6, 6.07) is 15.3. The van der Waals surface area contributed by atoms with E-state index < -0.39 is 0 Å². The summed E-state index contributed by atoms with van der Waals surface area (Å²) in [5.74, 6) is 1.52. The van der Waals surface area contributed by atoms with Gasteiger partial charge in [-0.1, -0.05) is 42.5 Å². The number of anilines is 1. The standard InChI is InChI=1S/C22H22N2/c1-14-4-5-15(2)21(10-14)19-9-8-18-12-22(23-13-20(18)11-19)24-16(3)17-6-7-17/h4-5,8-13,17H,3,6-7H2,1-2H3,(H,23,24). The molecule has 2 aromatic carbocycles. The predicted molar refractivity (Wildman–Crippen MR) is 102 cm³/mol. The summed E-state index contributed by atoms with van der Waals surface area (Å²) in [5.41, 5.74) is 6.21. The fourth-order valence-corrected chi connectivity index (χ4v) is 3.12. The molecule has 1 aliphatic carbocycles. The average molecular weight is 314 g/mol. The summed E-state index contributed by atoms with van der Waals surface area (Å²) in [5, 5.41) is 5.72. The van der Waals surface area contributed by atoms with Crippen molar-refractivity contribution in [2.24, 2.45) is 5.92 Å². The average Bonchev–Trinajstić information content (AvgIpc) is 3.42. The Kier molecular flexibility index (Phi) is 3.61. The van der Waals surface area contributed by atoms with Gasteiger partial charge < -0.3 is 5.32 Å². The Labute approximate surface area is 143 Å². The minimum atomic E-state index is 0.633. The number of hydrogen-bond donors (Lipinski definition) is 1. The molecule has 1 fully saturated rings. The van der Waals surface area contributed by atoms with Crippen molar-refractivity contribution in [3.8, 4) is 11.1 Å². The van der Waals surface area contributed by atoms with Crippen LogP contribution < -0.4 is 5.32 Å². The van der Waals surface area contributed by atoms with Crippen LogP contribution in [0.4, 0.5) is 5.82 Å². The molecule has 1 aliphatic rings. The maximum absolute atomic E-state index is 4.56. The highest BCUT2D eigenvalue weighted by Crippen LogP contribution is 2.36. The highest BCUT2D eigenvalue weighted by atomic mass is 15.0. The fourth-order valence-electron chi connectivity index (χ4n) is 3.12. The number of rotatable bonds is 4. The maximum Gasteiger partial charge on any atom is 0.130 e. The van der Waals surface area contributed by atoms with Crippen molar-refractivity contribution in [2.45, 2.75) is 26.7 Å². The molecule has 2 heteroatoms. The molecule has 0 aliphatic heterocycles. The van der Waals surface area contributed by atoms with Crippen LogP contribution in [0.3, 0.4) is 0 Å². The van der Waals surface area contributed by atoms with Gasteiger partial charge >= 0.3 is 0 Å². The summed E-state index contributed by atoms with van der Waals surface area (Å²) in [7, 11) is 0. The molecule has 0 atom stereocenters. The van der Waals surface area contributed by atoms with Crippen molar-refractivity contribution in [3.05, 3.63) is 72.1 Å². The number of aromatic nitrogens is 1. The minimum absolute atomic E-state index is 0.633. The van der Waals surface area contributed by atoms with E-state index in [0.29, 0.717) is 5.92 Å². The molecule has 4 rings (SSSR count). The predicted octanol–water partition coefficient (Wildman–Crippen LogP) is 5.85. The van der Waals surface area contributed by atoms with E-state index >= 15 is 0 Å². The van der Waals surface area contributed by atoms with Gasteiger partial charge in [0.2, 0.25) is 0 Å². The zero-order valence-corrected chi connectivity index (χ0v) is 14.3. The highest BCUT2D eigenvalue weighted by molar-refractivity contribution is 5.89. The number of benzene rings is 2. The Morgan fingerprint density at radius 1 is 1.04 bits per heavy atom. The molecule has 0 unspecified atom stereocenters. The van der Waals surface area contributed by atoms with Crippen molar-refractivity contribution in [2.75, 3.05) is 5.32 Å². The lowest BCUT2D eigenvalue weighted by Gasteiger charge is -2.11. The van der Waals surface area contributed by atoms with Crippen LogP contribution in [0.25, 0.3) is 21.9 Å². The van der Waals surface area contributed by atoms with Crippen molar-refractivity contribution in [1.29, 1.82) is 0 Å². The smallest absolute Gasteiger partial charge is 0.130 e. The lowest BCUT2D eigenvalue weighted by atomic mass is 9.97. The Morgan fingerprint density at radius 3 is 2.67 bits per heavy atom. The van der Waals surface area contributed by atoms with E-state index in [2.05, 4.69) is 73.2 Å². The third-order valence-electron chi connectivity index (χ3n) is 4.78. The molecule has 1 aromatic heterocycles. The van der Waals surface area contributed by atoms with Crippen molar-refractivity contribution in [1.82, 2.24) is 4.98 Å². The largest absolute Gasteiger partial charge is 0.344 e. The number of nitrogens with zero attached hydrogens (tertiary/aromatic N) is 1. The Balaban J connectivity index is 1.68. The lowest BCUT2D eigenvalue weighted by Crippen LogP contribution is -2.01. The molecule has 0 saturated heterocycles. The molecule has 1 saturated carbocycles. The molecule has 2 nitrogen and oxygen atoms in total. The second kappa shape index (κ2) is 5.79. The third kappa shape index (κ3) is 2.92. The van der Waals surface area contributed by atoms with E-state index in [1.807, 2.05) is 6.20 Å². The molecule has 0 bridgehead atoms. The van der Waals surface area contributed by atoms with Crippen LogP contribution in [0.15, 0.2) is 60.9 Å². The van der Waals surface area contributed by atoms with Crippen molar-refractivity contribution in [3.63, 3.8) is 0 Å². The number of allylic oxidation sites excluding steroid dienone is 1. The minimum Gasteiger partial charge on any atom is -0.344 e. The quantitative estimate of drug-likeness (QED) is 0.653. The third-order valence-corrected chi connectivity index (χ3v) is 4.78. The van der Waals surface area contributed by atoms with Crippen LogP contribution >= 0.6 is 0 Å². The SMILES string of the molecule is C=C(Nc1cc2ccc(-c3cc(C)ccc3C)cc2cn1)C1CC1. The van der Waals surface area contributed by atoms with E-state index in [-0.39, 0.29) is 0 Å². The zero-order chi connectivity index (χ0) is 16.7. The first-order chi connectivity index (χ1) is 11.6. The van der Waals surface area contributed by atoms with E-state index in [1.165, 1.54) is 40.5 Å². The van der Waals surface area contributed by atoms with Gasteiger partial charge in [0, 0.05) is 17.3 Å². The zero-order valence-electron chi connectivity index (χ0n) is 14.3. The molecule has 120 valence electrons. The van der Waals surface area contributed by atoms with Crippen LogP contribution in [0.5, 0.6) is 0 Å². The number of nitrogens with one attached hydrogen (secondary N) is 1. The van der Waals surface area contributed by atoms with Gasteiger partial charge in [-0.15, -0.1) is 0 Å². The molecule has 0 spiro atoms. The summed E-state index contributed by atoms with van der Waals surface area (Å²) in [4.78, 5) is 4.56. The summed E-state index contributed by atoms with van der Waals surface area (Å²) in [6.07, 6.45) is 4.45. The Morgan fingerprint density at radius 2 is 1.88 bits per heavy atom. The molecular formula is C22H22N2.